The molecule has 0 aliphatic heterocycles. The molecule has 0 aliphatic rings. The molecule has 0 heterocycles. The van der Waals surface area contributed by atoms with Crippen LogP contribution in [0.4, 0.5) is 0 Å². The van der Waals surface area contributed by atoms with Crippen molar-refractivity contribution in [1.82, 2.24) is 0 Å². The zero-order valence-electron chi connectivity index (χ0n) is 9.44. The van der Waals surface area contributed by atoms with Gasteiger partial charge in [-0.3, -0.25) is 0 Å². The summed E-state index contributed by atoms with van der Waals surface area (Å²) in [4.78, 5) is 0.692. The van der Waals surface area contributed by atoms with E-state index in [0.717, 1.165) is 5.92 Å². The first kappa shape index (κ1) is 13.2. The van der Waals surface area contributed by atoms with E-state index in [-0.39, 0.29) is 0 Å². The molecular weight excluding hydrogens is 224 g/mol. The monoisotopic (exact) mass is 246 g/mol. The maximum absolute atomic E-state index is 3.76. The zero-order chi connectivity index (χ0) is 10.3. The van der Waals surface area contributed by atoms with Crippen molar-refractivity contribution in [2.24, 2.45) is 5.92 Å². The number of alkyl halides is 1. The average molecular weight is 247 g/mol. The minimum atomic E-state index is 0.692. The molecule has 0 rings (SSSR count). The molecule has 0 spiro atoms. The van der Waals surface area contributed by atoms with Gasteiger partial charge in [0.25, 0.3) is 0 Å². The molecule has 0 bridgehead atoms. The fourth-order valence-electron chi connectivity index (χ4n) is 1.71. The molecule has 0 nitrogen and oxygen atoms in total. The van der Waals surface area contributed by atoms with Gasteiger partial charge in [-0.1, -0.05) is 54.8 Å². The number of rotatable bonds is 6. The van der Waals surface area contributed by atoms with Gasteiger partial charge >= 0.3 is 0 Å². The van der Waals surface area contributed by atoms with Gasteiger partial charge in [0.1, 0.15) is 0 Å². The van der Waals surface area contributed by atoms with Crippen LogP contribution in [0.3, 0.4) is 0 Å². The van der Waals surface area contributed by atoms with Crippen LogP contribution in [0.2, 0.25) is 0 Å². The highest BCUT2D eigenvalue weighted by molar-refractivity contribution is 9.09. The summed E-state index contributed by atoms with van der Waals surface area (Å²) in [6.45, 7) is 8.99. The Morgan fingerprint density at radius 2 is 1.85 bits per heavy atom. The Balaban J connectivity index is 4.04. The minimum absolute atomic E-state index is 0.692. The second-order valence-electron chi connectivity index (χ2n) is 3.76. The molecule has 0 N–H and O–H groups in total. The Morgan fingerprint density at radius 1 is 1.23 bits per heavy atom. The molecule has 0 radical (unpaired) electrons. The van der Waals surface area contributed by atoms with Crippen molar-refractivity contribution in [3.63, 3.8) is 0 Å². The highest BCUT2D eigenvalue weighted by atomic mass is 79.9. The number of allylic oxidation sites excluding steroid dienone is 2. The molecule has 1 heteroatoms. The van der Waals surface area contributed by atoms with Gasteiger partial charge in [0.05, 0.1) is 0 Å². The van der Waals surface area contributed by atoms with Crippen LogP contribution in [0, 0.1) is 5.92 Å². The van der Waals surface area contributed by atoms with Crippen molar-refractivity contribution >= 4 is 15.9 Å². The number of hydrogen-bond donors (Lipinski definition) is 0. The molecule has 13 heavy (non-hydrogen) atoms. The van der Waals surface area contributed by atoms with Crippen LogP contribution in [0.5, 0.6) is 0 Å². The fraction of sp³-hybridized carbons (Fsp3) is 0.833. The second kappa shape index (κ2) is 7.61. The van der Waals surface area contributed by atoms with E-state index in [4.69, 9.17) is 0 Å². The lowest BCUT2D eigenvalue weighted by atomic mass is 9.93. The third-order valence-corrected chi connectivity index (χ3v) is 3.96. The lowest BCUT2D eigenvalue weighted by Gasteiger charge is -2.20. The summed E-state index contributed by atoms with van der Waals surface area (Å²) >= 11 is 3.76. The normalized spacial score (nSPS) is 17.2. The molecular formula is C12H23Br. The number of halogens is 1. The van der Waals surface area contributed by atoms with Crippen LogP contribution < -0.4 is 0 Å². The summed E-state index contributed by atoms with van der Waals surface area (Å²) in [5.41, 5.74) is 1.55. The summed E-state index contributed by atoms with van der Waals surface area (Å²) in [6, 6.07) is 0. The van der Waals surface area contributed by atoms with Crippen LogP contribution in [-0.2, 0) is 0 Å². The Morgan fingerprint density at radius 3 is 2.23 bits per heavy atom. The van der Waals surface area contributed by atoms with E-state index in [0.29, 0.717) is 4.83 Å². The first-order valence-electron chi connectivity index (χ1n) is 5.45. The lowest BCUT2D eigenvalue weighted by molar-refractivity contribution is 0.479. The van der Waals surface area contributed by atoms with Gasteiger partial charge in [0, 0.05) is 4.83 Å². The van der Waals surface area contributed by atoms with Crippen LogP contribution in [-0.4, -0.2) is 4.83 Å². The highest BCUT2D eigenvalue weighted by Gasteiger charge is 2.15. The molecule has 0 aromatic carbocycles. The maximum Gasteiger partial charge on any atom is 0.0174 e. The van der Waals surface area contributed by atoms with Gasteiger partial charge < -0.3 is 0 Å². The summed E-state index contributed by atoms with van der Waals surface area (Å²) in [5, 5.41) is 0. The maximum atomic E-state index is 3.76. The predicted octanol–water partition coefficient (Wildman–Crippen LogP) is 4.93. The molecule has 0 amide bonds. The molecule has 2 atom stereocenters. The third-order valence-electron chi connectivity index (χ3n) is 2.56. The Kier molecular flexibility index (Phi) is 7.74. The van der Waals surface area contributed by atoms with E-state index in [1.165, 1.54) is 25.7 Å². The molecule has 0 fully saturated rings. The quantitative estimate of drug-likeness (QED) is 0.461. The molecule has 0 aromatic heterocycles. The van der Waals surface area contributed by atoms with E-state index < -0.39 is 0 Å². The standard InChI is InChI=1S/C12H23Br/c1-5-8-10(4)9-11(6-2)12(13)7-3/h8,11-12H,5-7,9H2,1-4H3/b10-8-. The Labute approximate surface area is 91.9 Å². The van der Waals surface area contributed by atoms with Gasteiger partial charge in [-0.25, -0.2) is 0 Å². The van der Waals surface area contributed by atoms with E-state index in [1.807, 2.05) is 0 Å². The van der Waals surface area contributed by atoms with Gasteiger partial charge in [-0.15, -0.1) is 0 Å². The highest BCUT2D eigenvalue weighted by Crippen LogP contribution is 2.26. The fourth-order valence-corrected chi connectivity index (χ4v) is 2.27. The molecule has 0 aromatic rings. The van der Waals surface area contributed by atoms with Gasteiger partial charge in [0.2, 0.25) is 0 Å². The smallest absolute Gasteiger partial charge is 0.0174 e. The van der Waals surface area contributed by atoms with Gasteiger partial charge in [0.15, 0.2) is 0 Å². The first-order valence-corrected chi connectivity index (χ1v) is 6.36. The van der Waals surface area contributed by atoms with Crippen molar-refractivity contribution in [1.29, 1.82) is 0 Å². The molecule has 0 saturated carbocycles. The first-order chi connectivity index (χ1) is 6.15. The zero-order valence-corrected chi connectivity index (χ0v) is 11.0. The topological polar surface area (TPSA) is 0 Å². The largest absolute Gasteiger partial charge is 0.0888 e. The van der Waals surface area contributed by atoms with Crippen LogP contribution >= 0.6 is 15.9 Å². The van der Waals surface area contributed by atoms with Gasteiger partial charge in [-0.2, -0.15) is 0 Å². The van der Waals surface area contributed by atoms with Crippen molar-refractivity contribution in [3.05, 3.63) is 11.6 Å². The van der Waals surface area contributed by atoms with Gasteiger partial charge in [-0.05, 0) is 32.1 Å². The van der Waals surface area contributed by atoms with Crippen LogP contribution in [0.25, 0.3) is 0 Å². The third kappa shape index (κ3) is 5.51. The lowest BCUT2D eigenvalue weighted by Crippen LogP contribution is -2.12. The minimum Gasteiger partial charge on any atom is -0.0888 e. The van der Waals surface area contributed by atoms with Crippen LogP contribution in [0.15, 0.2) is 11.6 Å². The Bertz CT molecular complexity index is 149. The van der Waals surface area contributed by atoms with Crippen molar-refractivity contribution in [2.45, 2.75) is 58.2 Å². The van der Waals surface area contributed by atoms with Crippen molar-refractivity contribution in [3.8, 4) is 0 Å². The van der Waals surface area contributed by atoms with E-state index in [9.17, 15) is 0 Å². The van der Waals surface area contributed by atoms with E-state index in [2.05, 4.69) is 49.7 Å². The van der Waals surface area contributed by atoms with E-state index >= 15 is 0 Å². The van der Waals surface area contributed by atoms with E-state index in [1.54, 1.807) is 5.57 Å². The number of hydrogen-bond acceptors (Lipinski definition) is 0. The average Bonchev–Trinajstić information content (AvgIpc) is 2.13. The summed E-state index contributed by atoms with van der Waals surface area (Å²) in [7, 11) is 0. The SMILES string of the molecule is CC/C=C(/C)CC(CC)C(Br)CC. The Hall–Kier alpha value is 0.220. The van der Waals surface area contributed by atoms with Crippen molar-refractivity contribution < 1.29 is 0 Å². The summed E-state index contributed by atoms with van der Waals surface area (Å²) in [6.07, 6.45) is 7.28. The summed E-state index contributed by atoms with van der Waals surface area (Å²) in [5.74, 6) is 0.813. The van der Waals surface area contributed by atoms with Crippen molar-refractivity contribution in [2.75, 3.05) is 0 Å². The predicted molar refractivity (Wildman–Crippen MR) is 65.5 cm³/mol. The molecule has 78 valence electrons. The molecule has 2 unspecified atom stereocenters. The summed E-state index contributed by atoms with van der Waals surface area (Å²) < 4.78 is 0. The van der Waals surface area contributed by atoms with Crippen LogP contribution in [0.1, 0.15) is 53.4 Å². The molecule has 0 aliphatic carbocycles. The second-order valence-corrected chi connectivity index (χ2v) is 4.93. The molecule has 0 saturated heterocycles.